The predicted molar refractivity (Wildman–Crippen MR) is 391 cm³/mol. The van der Waals surface area contributed by atoms with Crippen LogP contribution in [0.3, 0.4) is 0 Å². The molecule has 0 aromatic heterocycles. The van der Waals surface area contributed by atoms with Crippen molar-refractivity contribution in [2.24, 2.45) is 11.8 Å². The van der Waals surface area contributed by atoms with Gasteiger partial charge in [-0.25, -0.2) is 9.13 Å². The summed E-state index contributed by atoms with van der Waals surface area (Å²) >= 11 is 0. The molecule has 0 heterocycles. The lowest BCUT2D eigenvalue weighted by atomic mass is 9.99. The topological polar surface area (TPSA) is 237 Å². The van der Waals surface area contributed by atoms with Crippen LogP contribution < -0.4 is 0 Å². The quantitative estimate of drug-likeness (QED) is 0.0222. The van der Waals surface area contributed by atoms with E-state index in [1.807, 2.05) is 0 Å². The molecule has 0 rings (SSSR count). The number of esters is 4. The highest BCUT2D eigenvalue weighted by molar-refractivity contribution is 7.47. The standard InChI is InChI=1S/C77H150O17P2/c1-7-10-12-14-16-18-19-23-31-37-43-49-55-61-76(81)93-72(65-87-74(79)59-53-47-41-33-17-15-13-11-8-2)67-91-95(83,84)89-63-71(78)64-90-96(85,86)92-68-73(66-88-75(80)60-54-48-42-36-30-27-22-24-28-34-39-45-51-57-69(4)5)94-77(82)62-56-50-44-38-32-26-21-20-25-29-35-40-46-52-58-70(6)9-3/h69-73,78H,7-68H2,1-6H3,(H,83,84)(H,85,86)/t70?,71-,72+,73+/m0/s1. The molecule has 19 heteroatoms. The van der Waals surface area contributed by atoms with Crippen LogP contribution in [-0.2, 0) is 65.4 Å². The molecule has 96 heavy (non-hydrogen) atoms. The molecule has 0 spiro atoms. The van der Waals surface area contributed by atoms with E-state index in [-0.39, 0.29) is 25.7 Å². The predicted octanol–water partition coefficient (Wildman–Crippen LogP) is 22.7. The lowest BCUT2D eigenvalue weighted by Crippen LogP contribution is -2.30. The van der Waals surface area contributed by atoms with Gasteiger partial charge >= 0.3 is 39.5 Å². The van der Waals surface area contributed by atoms with Crippen molar-refractivity contribution in [1.82, 2.24) is 0 Å². The van der Waals surface area contributed by atoms with E-state index in [2.05, 4.69) is 41.5 Å². The van der Waals surface area contributed by atoms with Crippen molar-refractivity contribution in [3.05, 3.63) is 0 Å². The number of aliphatic hydroxyl groups excluding tert-OH is 1. The number of ether oxygens (including phenoxy) is 4. The van der Waals surface area contributed by atoms with Crippen molar-refractivity contribution in [2.75, 3.05) is 39.6 Å². The van der Waals surface area contributed by atoms with Crippen LogP contribution in [-0.4, -0.2) is 96.7 Å². The van der Waals surface area contributed by atoms with Gasteiger partial charge in [-0.1, -0.05) is 350 Å². The van der Waals surface area contributed by atoms with E-state index >= 15 is 0 Å². The molecule has 6 atom stereocenters. The van der Waals surface area contributed by atoms with Crippen molar-refractivity contribution < 1.29 is 80.2 Å². The van der Waals surface area contributed by atoms with Gasteiger partial charge in [0.25, 0.3) is 0 Å². The van der Waals surface area contributed by atoms with Crippen LogP contribution in [0.4, 0.5) is 0 Å². The van der Waals surface area contributed by atoms with Crippen molar-refractivity contribution in [2.45, 2.75) is 419 Å². The first-order valence-electron chi connectivity index (χ1n) is 40.0. The molecular formula is C77H150O17P2. The molecule has 0 radical (unpaired) electrons. The van der Waals surface area contributed by atoms with Crippen LogP contribution in [0.15, 0.2) is 0 Å². The lowest BCUT2D eigenvalue weighted by Gasteiger charge is -2.21. The first-order chi connectivity index (χ1) is 46.4. The van der Waals surface area contributed by atoms with Gasteiger partial charge in [0.05, 0.1) is 26.4 Å². The summed E-state index contributed by atoms with van der Waals surface area (Å²) in [4.78, 5) is 72.8. The van der Waals surface area contributed by atoms with Gasteiger partial charge in [-0.3, -0.25) is 37.3 Å². The van der Waals surface area contributed by atoms with E-state index in [1.165, 1.54) is 218 Å². The van der Waals surface area contributed by atoms with Gasteiger partial charge < -0.3 is 33.8 Å². The van der Waals surface area contributed by atoms with Crippen LogP contribution in [0, 0.1) is 11.8 Å². The fourth-order valence-corrected chi connectivity index (χ4v) is 13.4. The fourth-order valence-electron chi connectivity index (χ4n) is 11.8. The largest absolute Gasteiger partial charge is 0.472 e. The minimum atomic E-state index is -4.96. The van der Waals surface area contributed by atoms with Gasteiger partial charge in [-0.15, -0.1) is 0 Å². The second-order valence-electron chi connectivity index (χ2n) is 28.5. The zero-order valence-electron chi connectivity index (χ0n) is 62.7. The first-order valence-corrected chi connectivity index (χ1v) is 43.0. The second kappa shape index (κ2) is 68.8. The number of hydrogen-bond acceptors (Lipinski definition) is 15. The van der Waals surface area contributed by atoms with Crippen LogP contribution in [0.1, 0.15) is 401 Å². The number of unbranched alkanes of at least 4 members (excludes halogenated alkanes) is 45. The summed E-state index contributed by atoms with van der Waals surface area (Å²) in [5.74, 6) is -0.476. The van der Waals surface area contributed by atoms with E-state index in [1.54, 1.807) is 0 Å². The molecular weight excluding hydrogens is 1260 g/mol. The zero-order chi connectivity index (χ0) is 70.7. The summed E-state index contributed by atoms with van der Waals surface area (Å²) in [5, 5.41) is 10.6. The van der Waals surface area contributed by atoms with E-state index in [9.17, 15) is 43.2 Å². The average Bonchev–Trinajstić information content (AvgIpc) is 1.24. The van der Waals surface area contributed by atoms with E-state index in [0.717, 1.165) is 102 Å². The molecule has 0 aromatic carbocycles. The number of rotatable bonds is 76. The van der Waals surface area contributed by atoms with Crippen molar-refractivity contribution >= 4 is 39.5 Å². The number of carbonyl (C=O) groups is 4. The summed E-state index contributed by atoms with van der Waals surface area (Å²) in [6, 6.07) is 0. The molecule has 0 bridgehead atoms. The highest BCUT2D eigenvalue weighted by Gasteiger charge is 2.30. The Kier molecular flexibility index (Phi) is 67.4. The van der Waals surface area contributed by atoms with Crippen LogP contribution in [0.5, 0.6) is 0 Å². The van der Waals surface area contributed by atoms with Gasteiger partial charge in [-0.2, -0.15) is 0 Å². The second-order valence-corrected chi connectivity index (χ2v) is 31.4. The molecule has 0 aliphatic carbocycles. The van der Waals surface area contributed by atoms with Crippen molar-refractivity contribution in [1.29, 1.82) is 0 Å². The van der Waals surface area contributed by atoms with E-state index < -0.39 is 97.5 Å². The lowest BCUT2D eigenvalue weighted by molar-refractivity contribution is -0.161. The van der Waals surface area contributed by atoms with E-state index in [0.29, 0.717) is 25.7 Å². The summed E-state index contributed by atoms with van der Waals surface area (Å²) in [6.45, 7) is 9.67. The minimum Gasteiger partial charge on any atom is -0.462 e. The zero-order valence-corrected chi connectivity index (χ0v) is 64.5. The normalized spacial score (nSPS) is 14.3. The number of carbonyl (C=O) groups excluding carboxylic acids is 4. The SMILES string of the molecule is CCCCCCCCCCCCCCCC(=O)O[C@H](COC(=O)CCCCCCCCCCC)COP(=O)(O)OC[C@H](O)COP(=O)(O)OC[C@@H](COC(=O)CCCCCCCCCCCCCCCC(C)C)OC(=O)CCCCCCCCCCCCCCCCC(C)CC. The minimum absolute atomic E-state index is 0.108. The van der Waals surface area contributed by atoms with Crippen LogP contribution in [0.2, 0.25) is 0 Å². The van der Waals surface area contributed by atoms with E-state index in [4.69, 9.17) is 37.0 Å². The average molecular weight is 1410 g/mol. The first kappa shape index (κ1) is 94.1. The maximum absolute atomic E-state index is 13.1. The summed E-state index contributed by atoms with van der Waals surface area (Å²) in [5.41, 5.74) is 0. The third kappa shape index (κ3) is 69.2. The monoisotopic (exact) mass is 1410 g/mol. The molecule has 0 aliphatic rings. The highest BCUT2D eigenvalue weighted by atomic mass is 31.2. The molecule has 570 valence electrons. The molecule has 0 saturated heterocycles. The Labute approximate surface area is 588 Å². The number of aliphatic hydroxyl groups is 1. The number of hydrogen-bond donors (Lipinski definition) is 3. The molecule has 0 aromatic rings. The third-order valence-electron chi connectivity index (χ3n) is 18.3. The number of phosphoric acid groups is 2. The Morgan fingerprint density at radius 3 is 0.792 bits per heavy atom. The highest BCUT2D eigenvalue weighted by Crippen LogP contribution is 2.45. The summed E-state index contributed by atoms with van der Waals surface area (Å²) < 4.78 is 68.5. The Hall–Kier alpha value is -1.94. The Morgan fingerprint density at radius 1 is 0.302 bits per heavy atom. The molecule has 0 fully saturated rings. The smallest absolute Gasteiger partial charge is 0.462 e. The number of phosphoric ester groups is 2. The molecule has 0 saturated carbocycles. The molecule has 0 aliphatic heterocycles. The van der Waals surface area contributed by atoms with Crippen molar-refractivity contribution in [3.8, 4) is 0 Å². The van der Waals surface area contributed by atoms with Gasteiger partial charge in [-0.05, 0) is 37.5 Å². The third-order valence-corrected chi connectivity index (χ3v) is 20.2. The fraction of sp³-hybridized carbons (Fsp3) is 0.948. The Bertz CT molecular complexity index is 1860. The van der Waals surface area contributed by atoms with Crippen molar-refractivity contribution in [3.63, 3.8) is 0 Å². The van der Waals surface area contributed by atoms with Crippen LogP contribution in [0.25, 0.3) is 0 Å². The van der Waals surface area contributed by atoms with Gasteiger partial charge in [0.15, 0.2) is 12.2 Å². The van der Waals surface area contributed by atoms with Gasteiger partial charge in [0.1, 0.15) is 19.3 Å². The molecule has 3 unspecified atom stereocenters. The molecule has 3 N–H and O–H groups in total. The molecule has 0 amide bonds. The summed E-state index contributed by atoms with van der Waals surface area (Å²) in [6.07, 6.45) is 56.7. The van der Waals surface area contributed by atoms with Gasteiger partial charge in [0, 0.05) is 25.7 Å². The Balaban J connectivity index is 5.23. The van der Waals surface area contributed by atoms with Crippen LogP contribution >= 0.6 is 15.6 Å². The summed E-state index contributed by atoms with van der Waals surface area (Å²) in [7, 11) is -9.91. The maximum Gasteiger partial charge on any atom is 0.472 e. The molecule has 17 nitrogen and oxygen atoms in total. The van der Waals surface area contributed by atoms with Gasteiger partial charge in [0.2, 0.25) is 0 Å². The maximum atomic E-state index is 13.1. The Morgan fingerprint density at radius 2 is 0.531 bits per heavy atom.